The van der Waals surface area contributed by atoms with Crippen molar-refractivity contribution in [3.63, 3.8) is 0 Å². The van der Waals surface area contributed by atoms with Crippen LogP contribution in [0.15, 0.2) is 91.7 Å². The second-order valence-corrected chi connectivity index (χ2v) is 10.8. The van der Waals surface area contributed by atoms with Gasteiger partial charge in [-0.2, -0.15) is 0 Å². The van der Waals surface area contributed by atoms with Crippen molar-refractivity contribution in [2.24, 2.45) is 0 Å². The number of rotatable bonds is 11. The summed E-state index contributed by atoms with van der Waals surface area (Å²) >= 11 is 0. The number of hydrogen-bond acceptors (Lipinski definition) is 7. The standard InChI is InChI=1S/C27H34N6.C8H10O/c1-28-22-10-8-20(9-11-22)25-18-21-19-30-27(31-26(21)24-7-4-3-6-23(24)25)29-12-5-13-33-16-14-32(2)15-17-33;1-3-5-8(4-2)6-7-9/h3-4,6-11,19,25,28H,5,12-18H2,1-2H3,(H,29,30,31);3-5,7H,1-2,6H2/b;8-5+. The lowest BCUT2D eigenvalue weighted by Gasteiger charge is -2.32. The van der Waals surface area contributed by atoms with E-state index < -0.39 is 0 Å². The second kappa shape index (κ2) is 15.8. The molecule has 1 aliphatic carbocycles. The minimum Gasteiger partial charge on any atom is -0.388 e. The fraction of sp³-hybridized carbons (Fsp3) is 0.343. The molecule has 0 amide bonds. The van der Waals surface area contributed by atoms with Crippen LogP contribution in [0.5, 0.6) is 0 Å². The van der Waals surface area contributed by atoms with Gasteiger partial charge in [-0.1, -0.05) is 67.8 Å². The average Bonchev–Trinajstić information content (AvgIpc) is 3.04. The Morgan fingerprint density at radius 2 is 1.83 bits per heavy atom. The zero-order valence-electron chi connectivity index (χ0n) is 25.1. The summed E-state index contributed by atoms with van der Waals surface area (Å²) in [5, 5.41) is 6.67. The maximum Gasteiger partial charge on any atom is 0.223 e. The van der Waals surface area contributed by atoms with E-state index in [1.807, 2.05) is 13.2 Å². The van der Waals surface area contributed by atoms with E-state index in [1.165, 1.54) is 48.4 Å². The zero-order valence-corrected chi connectivity index (χ0v) is 25.1. The molecule has 1 aromatic heterocycles. The van der Waals surface area contributed by atoms with E-state index in [9.17, 15) is 4.79 Å². The minimum atomic E-state index is 0.325. The normalized spacial score (nSPS) is 16.7. The average molecular weight is 565 g/mol. The van der Waals surface area contributed by atoms with Gasteiger partial charge in [-0.3, -0.25) is 0 Å². The van der Waals surface area contributed by atoms with E-state index in [4.69, 9.17) is 4.98 Å². The molecule has 42 heavy (non-hydrogen) atoms. The Labute approximate surface area is 251 Å². The van der Waals surface area contributed by atoms with Crippen molar-refractivity contribution in [2.45, 2.75) is 25.2 Å². The van der Waals surface area contributed by atoms with Gasteiger partial charge in [-0.25, -0.2) is 9.97 Å². The van der Waals surface area contributed by atoms with Gasteiger partial charge in [0.15, 0.2) is 0 Å². The monoisotopic (exact) mass is 564 g/mol. The van der Waals surface area contributed by atoms with Crippen LogP contribution >= 0.6 is 0 Å². The van der Waals surface area contributed by atoms with Crippen LogP contribution in [0.25, 0.3) is 11.3 Å². The molecule has 1 aliphatic heterocycles. The number of aromatic nitrogens is 2. The maximum absolute atomic E-state index is 9.93. The highest BCUT2D eigenvalue weighted by atomic mass is 16.1. The lowest BCUT2D eigenvalue weighted by molar-refractivity contribution is -0.107. The molecule has 3 aromatic rings. The van der Waals surface area contributed by atoms with Crippen molar-refractivity contribution in [1.29, 1.82) is 0 Å². The molecule has 0 radical (unpaired) electrons. The maximum atomic E-state index is 9.93. The van der Waals surface area contributed by atoms with Gasteiger partial charge in [0.25, 0.3) is 0 Å². The van der Waals surface area contributed by atoms with Gasteiger partial charge in [0.1, 0.15) is 6.29 Å². The van der Waals surface area contributed by atoms with Crippen LogP contribution in [0.3, 0.4) is 0 Å². The van der Waals surface area contributed by atoms with Crippen LogP contribution in [-0.2, 0) is 11.2 Å². The summed E-state index contributed by atoms with van der Waals surface area (Å²) in [6, 6.07) is 17.5. The number of fused-ring (bicyclic) bond motifs is 3. The summed E-state index contributed by atoms with van der Waals surface area (Å²) in [6.07, 6.45) is 10.4. The SMILES string of the molecule is C=C/C=C(\C=C)CC=O.CNc1ccc(C2Cc3cnc(NCCCN4CCN(C)CC4)nc3-c3ccccc32)cc1. The van der Waals surface area contributed by atoms with Gasteiger partial charge in [0, 0.05) is 69.6 Å². The quantitative estimate of drug-likeness (QED) is 0.173. The molecule has 2 N–H and O–H groups in total. The Hall–Kier alpha value is -4.07. The zero-order chi connectivity index (χ0) is 29.7. The van der Waals surface area contributed by atoms with Gasteiger partial charge < -0.3 is 25.2 Å². The summed E-state index contributed by atoms with van der Waals surface area (Å²) in [6.45, 7) is 13.7. The van der Waals surface area contributed by atoms with Crippen molar-refractivity contribution < 1.29 is 4.79 Å². The molecule has 1 unspecified atom stereocenters. The number of hydrogen-bond donors (Lipinski definition) is 2. The number of carbonyl (C=O) groups is 1. The van der Waals surface area contributed by atoms with E-state index in [2.05, 4.69) is 94.2 Å². The van der Waals surface area contributed by atoms with Crippen molar-refractivity contribution in [1.82, 2.24) is 19.8 Å². The largest absolute Gasteiger partial charge is 0.388 e. The molecule has 7 heteroatoms. The van der Waals surface area contributed by atoms with Crippen molar-refractivity contribution in [2.75, 3.05) is 64.0 Å². The number of nitrogens with one attached hydrogen (secondary N) is 2. The highest BCUT2D eigenvalue weighted by molar-refractivity contribution is 5.72. The summed E-state index contributed by atoms with van der Waals surface area (Å²) in [5.74, 6) is 1.06. The van der Waals surface area contributed by atoms with E-state index in [-0.39, 0.29) is 0 Å². The van der Waals surface area contributed by atoms with Crippen molar-refractivity contribution in [3.05, 3.63) is 108 Å². The molecular formula is C35H44N6O. The number of anilines is 2. The van der Waals surface area contributed by atoms with Crippen LogP contribution in [0, 0.1) is 0 Å². The van der Waals surface area contributed by atoms with Gasteiger partial charge in [0.2, 0.25) is 5.95 Å². The molecule has 1 atom stereocenters. The van der Waals surface area contributed by atoms with E-state index >= 15 is 0 Å². The highest BCUT2D eigenvalue weighted by Crippen LogP contribution is 2.42. The number of allylic oxidation sites excluding steroid dienone is 4. The fourth-order valence-electron chi connectivity index (χ4n) is 5.44. The molecule has 0 saturated carbocycles. The molecule has 2 heterocycles. The molecule has 7 nitrogen and oxygen atoms in total. The van der Waals surface area contributed by atoms with Crippen LogP contribution in [-0.4, -0.2) is 79.4 Å². The number of likely N-dealkylation sites (N-methyl/N-ethyl adjacent to an activating group) is 1. The van der Waals surface area contributed by atoms with Crippen molar-refractivity contribution >= 4 is 17.9 Å². The van der Waals surface area contributed by atoms with Crippen molar-refractivity contribution in [3.8, 4) is 11.3 Å². The summed E-state index contributed by atoms with van der Waals surface area (Å²) < 4.78 is 0. The molecule has 1 saturated heterocycles. The van der Waals surface area contributed by atoms with Crippen LogP contribution < -0.4 is 10.6 Å². The molecular weight excluding hydrogens is 520 g/mol. The first-order valence-corrected chi connectivity index (χ1v) is 14.8. The number of aldehydes is 1. The highest BCUT2D eigenvalue weighted by Gasteiger charge is 2.27. The van der Waals surface area contributed by atoms with Crippen LogP contribution in [0.1, 0.15) is 35.4 Å². The van der Waals surface area contributed by atoms with E-state index in [0.717, 1.165) is 55.1 Å². The molecule has 0 bridgehead atoms. The third-order valence-corrected chi connectivity index (χ3v) is 7.92. The molecule has 5 rings (SSSR count). The Morgan fingerprint density at radius 1 is 1.07 bits per heavy atom. The van der Waals surface area contributed by atoms with Gasteiger partial charge in [0.05, 0.1) is 5.69 Å². The second-order valence-electron chi connectivity index (χ2n) is 10.8. The Balaban J connectivity index is 0.000000392. The molecule has 1 fully saturated rings. The smallest absolute Gasteiger partial charge is 0.223 e. The molecule has 2 aromatic carbocycles. The van der Waals surface area contributed by atoms with Gasteiger partial charge in [-0.05, 0) is 60.8 Å². The van der Waals surface area contributed by atoms with Gasteiger partial charge in [-0.15, -0.1) is 0 Å². The predicted molar refractivity (Wildman–Crippen MR) is 175 cm³/mol. The molecule has 220 valence electrons. The summed E-state index contributed by atoms with van der Waals surface area (Å²) in [5.41, 5.74) is 8.24. The van der Waals surface area contributed by atoms with Gasteiger partial charge >= 0.3 is 0 Å². The summed E-state index contributed by atoms with van der Waals surface area (Å²) in [7, 11) is 4.16. The minimum absolute atomic E-state index is 0.325. The number of piperazine rings is 1. The topological polar surface area (TPSA) is 73.4 Å². The summed E-state index contributed by atoms with van der Waals surface area (Å²) in [4.78, 5) is 24.5. The van der Waals surface area contributed by atoms with Crippen LogP contribution in [0.2, 0.25) is 0 Å². The number of nitrogens with zero attached hydrogens (tertiary/aromatic N) is 4. The number of carbonyl (C=O) groups excluding carboxylic acids is 1. The molecule has 0 spiro atoms. The third-order valence-electron chi connectivity index (χ3n) is 7.92. The predicted octanol–water partition coefficient (Wildman–Crippen LogP) is 5.80. The Morgan fingerprint density at radius 3 is 2.52 bits per heavy atom. The molecule has 2 aliphatic rings. The number of benzene rings is 2. The first-order valence-electron chi connectivity index (χ1n) is 14.8. The van der Waals surface area contributed by atoms with Crippen LogP contribution in [0.4, 0.5) is 11.6 Å². The Bertz CT molecular complexity index is 1360. The third kappa shape index (κ3) is 8.24. The van der Waals surface area contributed by atoms with E-state index in [1.54, 1.807) is 18.2 Å². The Kier molecular flexibility index (Phi) is 11.6. The first kappa shape index (κ1) is 30.9. The first-order chi connectivity index (χ1) is 20.6. The lowest BCUT2D eigenvalue weighted by Crippen LogP contribution is -2.44. The fourth-order valence-corrected chi connectivity index (χ4v) is 5.44. The van der Waals surface area contributed by atoms with E-state index in [0.29, 0.717) is 12.3 Å². The lowest BCUT2D eigenvalue weighted by atomic mass is 9.78.